The number of rotatable bonds is 4. The zero-order chi connectivity index (χ0) is 29.5. The molecule has 4 nitrogen and oxygen atoms in total. The highest BCUT2D eigenvalue weighted by atomic mass is 19.4. The van der Waals surface area contributed by atoms with Crippen molar-refractivity contribution < 1.29 is 35.9 Å². The first-order valence-electron chi connectivity index (χ1n) is 11.8. The van der Waals surface area contributed by atoms with Crippen LogP contribution in [0.15, 0.2) is 109 Å². The Morgan fingerprint density at radius 1 is 0.500 bits per heavy atom. The second-order valence-corrected chi connectivity index (χ2v) is 8.56. The fourth-order valence-electron chi connectivity index (χ4n) is 3.58. The van der Waals surface area contributed by atoms with Crippen LogP contribution in [-0.2, 0) is 12.4 Å². The van der Waals surface area contributed by atoms with Crippen molar-refractivity contribution in [3.8, 4) is 0 Å². The Hall–Kier alpha value is -4.60. The Morgan fingerprint density at radius 3 is 1.12 bits per heavy atom. The summed E-state index contributed by atoms with van der Waals surface area (Å²) in [5.41, 5.74) is -0.406. The van der Waals surface area contributed by atoms with Crippen LogP contribution >= 0.6 is 0 Å². The average molecular weight is 559 g/mol. The third kappa shape index (κ3) is 7.72. The van der Waals surface area contributed by atoms with E-state index in [-0.39, 0.29) is 11.1 Å². The van der Waals surface area contributed by atoms with Crippen molar-refractivity contribution in [3.05, 3.63) is 131 Å². The van der Waals surface area contributed by atoms with Gasteiger partial charge in [-0.15, -0.1) is 0 Å². The van der Waals surface area contributed by atoms with Gasteiger partial charge in [0.15, 0.2) is 0 Å². The molecule has 2 amide bonds. The Labute approximate surface area is 227 Å². The lowest BCUT2D eigenvalue weighted by Gasteiger charge is -2.18. The van der Waals surface area contributed by atoms with Crippen molar-refractivity contribution in [2.75, 3.05) is 23.9 Å². The number of para-hydroxylation sites is 2. The first kappa shape index (κ1) is 29.9. The number of hydrogen-bond acceptors (Lipinski definition) is 2. The Kier molecular flexibility index (Phi) is 9.36. The van der Waals surface area contributed by atoms with Crippen molar-refractivity contribution in [1.29, 1.82) is 0 Å². The standard InChI is InChI=1S/2C15H12F3NO/c2*1-19(13-8-3-2-4-9-13)14(20)11-6-5-7-12(10-11)15(16,17)18/h2*2-10H,1H3. The van der Waals surface area contributed by atoms with E-state index in [1.54, 1.807) is 60.7 Å². The predicted octanol–water partition coefficient (Wildman–Crippen LogP) is 7.96. The quantitative estimate of drug-likeness (QED) is 0.239. The first-order chi connectivity index (χ1) is 18.8. The molecule has 0 aromatic heterocycles. The number of halogens is 6. The SMILES string of the molecule is CN(C(=O)c1cccc(C(F)(F)F)c1)c1ccccc1.CN(C(=O)c1cccc(C(F)(F)F)c1)c1ccccc1. The number of amides is 2. The molecule has 0 spiro atoms. The molecule has 4 aromatic rings. The highest BCUT2D eigenvalue weighted by Crippen LogP contribution is 2.31. The molecule has 40 heavy (non-hydrogen) atoms. The average Bonchev–Trinajstić information content (AvgIpc) is 2.96. The molecule has 0 saturated carbocycles. The summed E-state index contributed by atoms with van der Waals surface area (Å²) in [6.45, 7) is 0. The van der Waals surface area contributed by atoms with E-state index in [9.17, 15) is 35.9 Å². The fourth-order valence-corrected chi connectivity index (χ4v) is 3.58. The Bertz CT molecular complexity index is 1330. The van der Waals surface area contributed by atoms with Gasteiger partial charge in [0.2, 0.25) is 0 Å². The summed E-state index contributed by atoms with van der Waals surface area (Å²) in [5, 5.41) is 0. The molecule has 0 unspecified atom stereocenters. The van der Waals surface area contributed by atoms with Crippen LogP contribution in [0.3, 0.4) is 0 Å². The molecule has 0 heterocycles. The van der Waals surface area contributed by atoms with E-state index in [1.807, 2.05) is 0 Å². The first-order valence-corrected chi connectivity index (χ1v) is 11.8. The maximum atomic E-state index is 12.6. The van der Waals surface area contributed by atoms with E-state index in [0.29, 0.717) is 11.4 Å². The van der Waals surface area contributed by atoms with Gasteiger partial charge in [0, 0.05) is 36.6 Å². The molecule has 10 heteroatoms. The smallest absolute Gasteiger partial charge is 0.311 e. The summed E-state index contributed by atoms with van der Waals surface area (Å²) in [4.78, 5) is 27.0. The van der Waals surface area contributed by atoms with Crippen molar-refractivity contribution in [2.45, 2.75) is 12.4 Å². The monoisotopic (exact) mass is 558 g/mol. The van der Waals surface area contributed by atoms with E-state index >= 15 is 0 Å². The molecule has 0 aliphatic carbocycles. The van der Waals surface area contributed by atoms with E-state index in [4.69, 9.17) is 0 Å². The van der Waals surface area contributed by atoms with Gasteiger partial charge in [0.05, 0.1) is 11.1 Å². The van der Waals surface area contributed by atoms with E-state index in [1.165, 1.54) is 48.2 Å². The number of anilines is 2. The molecule has 0 bridgehead atoms. The minimum atomic E-state index is -4.46. The number of alkyl halides is 6. The van der Waals surface area contributed by atoms with Gasteiger partial charge in [0.1, 0.15) is 0 Å². The summed E-state index contributed by atoms with van der Waals surface area (Å²) < 4.78 is 75.8. The topological polar surface area (TPSA) is 40.6 Å². The summed E-state index contributed by atoms with van der Waals surface area (Å²) in [6, 6.07) is 26.3. The van der Waals surface area contributed by atoms with Crippen LogP contribution in [0.5, 0.6) is 0 Å². The zero-order valence-corrected chi connectivity index (χ0v) is 21.4. The molecule has 208 valence electrons. The highest BCUT2D eigenvalue weighted by Gasteiger charge is 2.32. The molecular formula is C30H24F6N2O2. The highest BCUT2D eigenvalue weighted by molar-refractivity contribution is 6.06. The number of hydrogen-bond donors (Lipinski definition) is 0. The number of nitrogens with zero attached hydrogens (tertiary/aromatic N) is 2. The normalized spacial score (nSPS) is 11.2. The zero-order valence-electron chi connectivity index (χ0n) is 21.4. The van der Waals surface area contributed by atoms with E-state index in [2.05, 4.69) is 0 Å². The Morgan fingerprint density at radius 2 is 0.825 bits per heavy atom. The lowest BCUT2D eigenvalue weighted by Crippen LogP contribution is -2.26. The molecule has 4 aromatic carbocycles. The van der Waals surface area contributed by atoms with Crippen LogP contribution in [0.1, 0.15) is 31.8 Å². The van der Waals surface area contributed by atoms with Gasteiger partial charge in [-0.25, -0.2) is 0 Å². The third-order valence-electron chi connectivity index (χ3n) is 5.77. The van der Waals surface area contributed by atoms with Gasteiger partial charge in [-0.05, 0) is 60.7 Å². The van der Waals surface area contributed by atoms with Crippen LogP contribution in [0.4, 0.5) is 37.7 Å². The molecule has 0 aliphatic heterocycles. The van der Waals surface area contributed by atoms with Gasteiger partial charge in [0.25, 0.3) is 11.8 Å². The summed E-state index contributed by atoms with van der Waals surface area (Å²) in [7, 11) is 3.05. The minimum Gasteiger partial charge on any atom is -0.311 e. The van der Waals surface area contributed by atoms with Crippen LogP contribution < -0.4 is 9.80 Å². The molecule has 0 aliphatic rings. The molecular weight excluding hydrogens is 534 g/mol. The molecule has 0 radical (unpaired) electrons. The van der Waals surface area contributed by atoms with Crippen LogP contribution in [0, 0.1) is 0 Å². The van der Waals surface area contributed by atoms with Crippen LogP contribution in [-0.4, -0.2) is 25.9 Å². The minimum absolute atomic E-state index is 0.00572. The summed E-state index contributed by atoms with van der Waals surface area (Å²) in [6.07, 6.45) is -8.91. The van der Waals surface area contributed by atoms with Crippen LogP contribution in [0.25, 0.3) is 0 Å². The summed E-state index contributed by atoms with van der Waals surface area (Å²) in [5.74, 6) is -0.968. The van der Waals surface area contributed by atoms with Gasteiger partial charge in [-0.1, -0.05) is 48.5 Å². The van der Waals surface area contributed by atoms with Crippen molar-refractivity contribution in [1.82, 2.24) is 0 Å². The van der Waals surface area contributed by atoms with Crippen LogP contribution in [0.2, 0.25) is 0 Å². The van der Waals surface area contributed by atoms with Crippen molar-refractivity contribution in [2.24, 2.45) is 0 Å². The van der Waals surface area contributed by atoms with Gasteiger partial charge in [-0.3, -0.25) is 9.59 Å². The van der Waals surface area contributed by atoms with E-state index in [0.717, 1.165) is 24.3 Å². The second-order valence-electron chi connectivity index (χ2n) is 8.56. The van der Waals surface area contributed by atoms with Crippen molar-refractivity contribution in [3.63, 3.8) is 0 Å². The molecule has 0 fully saturated rings. The van der Waals surface area contributed by atoms with Gasteiger partial charge >= 0.3 is 12.4 Å². The third-order valence-corrected chi connectivity index (χ3v) is 5.77. The fraction of sp³-hybridized carbons (Fsp3) is 0.133. The largest absolute Gasteiger partial charge is 0.416 e. The molecule has 0 N–H and O–H groups in total. The number of benzene rings is 4. The summed E-state index contributed by atoms with van der Waals surface area (Å²) >= 11 is 0. The molecule has 0 atom stereocenters. The van der Waals surface area contributed by atoms with Gasteiger partial charge < -0.3 is 9.80 Å². The molecule has 4 rings (SSSR count). The predicted molar refractivity (Wildman–Crippen MR) is 141 cm³/mol. The number of carbonyl (C=O) groups excluding carboxylic acids is 2. The van der Waals surface area contributed by atoms with Crippen molar-refractivity contribution >= 4 is 23.2 Å². The molecule has 0 saturated heterocycles. The maximum absolute atomic E-state index is 12.6. The van der Waals surface area contributed by atoms with Gasteiger partial charge in [-0.2, -0.15) is 26.3 Å². The number of carbonyl (C=O) groups is 2. The lowest BCUT2D eigenvalue weighted by atomic mass is 10.1. The van der Waals surface area contributed by atoms with E-state index < -0.39 is 35.3 Å². The second kappa shape index (κ2) is 12.5. The lowest BCUT2D eigenvalue weighted by molar-refractivity contribution is -0.138. The maximum Gasteiger partial charge on any atom is 0.416 e. The Balaban J connectivity index is 0.000000220.